The van der Waals surface area contributed by atoms with Crippen molar-refractivity contribution in [2.45, 2.75) is 137 Å². The van der Waals surface area contributed by atoms with Crippen LogP contribution in [0.5, 0.6) is 0 Å². The summed E-state index contributed by atoms with van der Waals surface area (Å²) in [6, 6.07) is 9.97. The molecule has 228 valence electrons. The molecular weight excluding hydrogens is 601 g/mol. The zero-order valence-corrected chi connectivity index (χ0v) is 33.2. The van der Waals surface area contributed by atoms with Gasteiger partial charge in [-0.15, -0.1) is 45.3 Å². The Morgan fingerprint density at radius 3 is 1.00 bits per heavy atom. The van der Waals surface area contributed by atoms with Crippen molar-refractivity contribution in [3.05, 3.63) is 54.9 Å². The Kier molecular flexibility index (Phi) is 7.53. The lowest BCUT2D eigenvalue weighted by Crippen LogP contribution is -2.48. The Bertz CT molecular complexity index is 1400. The quantitative estimate of drug-likeness (QED) is 0.166. The lowest BCUT2D eigenvalue weighted by atomic mass is 9.81. The summed E-state index contributed by atoms with van der Waals surface area (Å²) in [5, 5.41) is 3.36. The number of rotatable bonds is 0. The summed E-state index contributed by atoms with van der Waals surface area (Å²) in [5.74, 6) is 0. The van der Waals surface area contributed by atoms with Gasteiger partial charge in [0, 0.05) is 44.4 Å². The molecule has 0 atom stereocenters. The molecule has 0 nitrogen and oxygen atoms in total. The first kappa shape index (κ1) is 32.4. The summed E-state index contributed by atoms with van der Waals surface area (Å²) in [4.78, 5) is 12.3. The monoisotopic (exact) mass is 652 g/mol. The third-order valence-electron chi connectivity index (χ3n) is 8.99. The van der Waals surface area contributed by atoms with Crippen molar-refractivity contribution < 1.29 is 0 Å². The van der Waals surface area contributed by atoms with Crippen molar-refractivity contribution in [1.82, 2.24) is 0 Å². The molecule has 0 spiro atoms. The molecule has 0 saturated carbocycles. The summed E-state index contributed by atoms with van der Waals surface area (Å²) >= 11 is 8.10. The maximum atomic E-state index is 2.52. The van der Waals surface area contributed by atoms with E-state index >= 15 is 0 Å². The topological polar surface area (TPSA) is 0 Å². The summed E-state index contributed by atoms with van der Waals surface area (Å²) in [6.45, 7) is 37.7. The predicted octanol–water partition coefficient (Wildman–Crippen LogP) is 11.9. The fourth-order valence-electron chi connectivity index (χ4n) is 5.86. The molecule has 0 bridgehead atoms. The number of thiophene rings is 4. The smallest absolute Gasteiger partial charge is 0.116 e. The van der Waals surface area contributed by atoms with Crippen LogP contribution in [0.15, 0.2) is 24.3 Å². The molecule has 0 aromatic carbocycles. The van der Waals surface area contributed by atoms with Crippen LogP contribution < -0.4 is 10.4 Å². The Labute approximate surface area is 273 Å². The van der Waals surface area contributed by atoms with Gasteiger partial charge in [-0.25, -0.2) is 0 Å². The van der Waals surface area contributed by atoms with E-state index in [1.807, 2.05) is 45.3 Å². The molecule has 0 saturated heterocycles. The van der Waals surface area contributed by atoms with E-state index in [9.17, 15) is 0 Å². The number of hydrogen-bond acceptors (Lipinski definition) is 4. The molecule has 4 aromatic rings. The SMILES string of the molecule is CC(C)(C)c1cc2c(s1)-c1sc(C(C)(C)C)cc1C2(C)C.CC(C)(C)c1cc2c(s1)-c1sc(C(C)(C)C)cc1[Si]2(C)C. The van der Waals surface area contributed by atoms with Gasteiger partial charge in [-0.1, -0.05) is 110 Å². The molecule has 6 rings (SSSR count). The highest BCUT2D eigenvalue weighted by molar-refractivity contribution is 7.29. The van der Waals surface area contributed by atoms with Crippen molar-refractivity contribution in [1.29, 1.82) is 0 Å². The van der Waals surface area contributed by atoms with E-state index in [0.29, 0.717) is 0 Å². The fourth-order valence-corrected chi connectivity index (χ4v) is 16.1. The van der Waals surface area contributed by atoms with Crippen LogP contribution in [-0.2, 0) is 27.1 Å². The third kappa shape index (κ3) is 5.31. The Hall–Kier alpha value is -0.983. The van der Waals surface area contributed by atoms with Crippen LogP contribution in [0.3, 0.4) is 0 Å². The highest BCUT2D eigenvalue weighted by atomic mass is 32.1. The molecule has 2 aliphatic rings. The van der Waals surface area contributed by atoms with E-state index in [-0.39, 0.29) is 27.1 Å². The van der Waals surface area contributed by atoms with Crippen LogP contribution >= 0.6 is 45.3 Å². The van der Waals surface area contributed by atoms with Gasteiger partial charge >= 0.3 is 0 Å². The van der Waals surface area contributed by atoms with Crippen LogP contribution in [-0.4, -0.2) is 8.07 Å². The van der Waals surface area contributed by atoms with Gasteiger partial charge in [0.05, 0.1) is 0 Å². The van der Waals surface area contributed by atoms with Crippen molar-refractivity contribution >= 4 is 63.8 Å². The van der Waals surface area contributed by atoms with Crippen molar-refractivity contribution in [3.8, 4) is 19.5 Å². The van der Waals surface area contributed by atoms with Crippen LogP contribution in [0.25, 0.3) is 19.5 Å². The van der Waals surface area contributed by atoms with E-state index in [1.165, 1.54) is 19.5 Å². The van der Waals surface area contributed by atoms with Gasteiger partial charge < -0.3 is 0 Å². The summed E-state index contributed by atoms with van der Waals surface area (Å²) < 4.78 is 0. The minimum atomic E-state index is -1.48. The number of hydrogen-bond donors (Lipinski definition) is 0. The van der Waals surface area contributed by atoms with E-state index in [4.69, 9.17) is 0 Å². The highest BCUT2D eigenvalue weighted by Gasteiger charge is 2.43. The average Bonchev–Trinajstić information content (AvgIpc) is 3.60. The van der Waals surface area contributed by atoms with Gasteiger partial charge in [-0.05, 0) is 67.4 Å². The van der Waals surface area contributed by atoms with Crippen molar-refractivity contribution in [2.75, 3.05) is 0 Å². The van der Waals surface area contributed by atoms with Crippen molar-refractivity contribution in [2.24, 2.45) is 0 Å². The average molecular weight is 653 g/mol. The normalized spacial score (nSPS) is 17.0. The summed E-state index contributed by atoms with van der Waals surface area (Å²) in [6.07, 6.45) is 0. The second kappa shape index (κ2) is 9.76. The molecule has 4 aromatic heterocycles. The predicted molar refractivity (Wildman–Crippen MR) is 199 cm³/mol. The second-order valence-corrected chi connectivity index (χ2v) is 26.2. The van der Waals surface area contributed by atoms with Gasteiger partial charge in [0.1, 0.15) is 8.07 Å². The molecule has 1 aliphatic heterocycles. The molecule has 5 heterocycles. The zero-order valence-electron chi connectivity index (χ0n) is 28.9. The van der Waals surface area contributed by atoms with Crippen molar-refractivity contribution in [3.63, 3.8) is 0 Å². The fraction of sp³-hybridized carbons (Fsp3) is 0.568. The standard InChI is InChI=1S/C19H26S2.C18H26S2Si/c1-17(2,3)13-9-11-15(20-13)16-12(19(11,7)8)10-14(21-16)18(4,5)6;1-17(2,3)13-9-11-15(19-13)16-12(21(11,7)8)10-14(20-16)18(4,5)6/h2*9-10H,1-8H3. The Morgan fingerprint density at radius 2 is 0.714 bits per heavy atom. The third-order valence-corrected chi connectivity index (χ3v) is 19.4. The largest absolute Gasteiger partial charge is 0.139 e. The van der Waals surface area contributed by atoms with E-state index in [0.717, 1.165) is 0 Å². The van der Waals surface area contributed by atoms with E-state index in [1.54, 1.807) is 41.0 Å². The van der Waals surface area contributed by atoms with Crippen LogP contribution in [0.1, 0.15) is 128 Å². The molecule has 5 heteroatoms. The Balaban J connectivity index is 0.000000168. The Morgan fingerprint density at radius 1 is 0.452 bits per heavy atom. The first-order valence-corrected chi connectivity index (χ1v) is 21.7. The molecule has 0 unspecified atom stereocenters. The molecule has 1 aliphatic carbocycles. The van der Waals surface area contributed by atoms with E-state index < -0.39 is 8.07 Å². The first-order valence-electron chi connectivity index (χ1n) is 15.4. The van der Waals surface area contributed by atoms with Crippen LogP contribution in [0.2, 0.25) is 13.1 Å². The first-order chi connectivity index (χ1) is 18.8. The minimum absolute atomic E-state index is 0.157. The van der Waals surface area contributed by atoms with Gasteiger partial charge in [-0.2, -0.15) is 0 Å². The van der Waals surface area contributed by atoms with Crippen LogP contribution in [0, 0.1) is 0 Å². The molecule has 0 N–H and O–H groups in total. The molecular formula is C37H52S4Si. The zero-order chi connectivity index (χ0) is 31.6. The van der Waals surface area contributed by atoms with Gasteiger partial charge in [0.15, 0.2) is 0 Å². The summed E-state index contributed by atoms with van der Waals surface area (Å²) in [5.41, 5.74) is 4.27. The number of fused-ring (bicyclic) bond motifs is 6. The summed E-state index contributed by atoms with van der Waals surface area (Å²) in [7, 11) is -1.48. The van der Waals surface area contributed by atoms with Gasteiger partial charge in [0.2, 0.25) is 0 Å². The second-order valence-electron chi connectivity index (χ2n) is 17.7. The molecule has 0 fully saturated rings. The van der Waals surface area contributed by atoms with E-state index in [2.05, 4.69) is 134 Å². The molecule has 0 amide bonds. The highest BCUT2D eigenvalue weighted by Crippen LogP contribution is 2.57. The lowest BCUT2D eigenvalue weighted by molar-refractivity contribution is 0.595. The van der Waals surface area contributed by atoms with Gasteiger partial charge in [0.25, 0.3) is 0 Å². The minimum Gasteiger partial charge on any atom is -0.139 e. The maximum absolute atomic E-state index is 2.52. The molecule has 42 heavy (non-hydrogen) atoms. The lowest BCUT2D eigenvalue weighted by Gasteiger charge is -2.21. The van der Waals surface area contributed by atoms with Crippen LogP contribution in [0.4, 0.5) is 0 Å². The van der Waals surface area contributed by atoms with Gasteiger partial charge in [-0.3, -0.25) is 0 Å². The maximum Gasteiger partial charge on any atom is 0.116 e. The molecule has 0 radical (unpaired) electrons.